The maximum atomic E-state index is 12.7. The number of aliphatic imine (C=N–C) groups is 1. The van der Waals surface area contributed by atoms with Crippen LogP contribution in [0.2, 0.25) is 5.04 Å². The third kappa shape index (κ3) is 5.55. The highest BCUT2D eigenvalue weighted by molar-refractivity contribution is 9.09. The van der Waals surface area contributed by atoms with Crippen LogP contribution in [0.1, 0.15) is 33.9 Å². The SMILES string of the molecule is CC1[C@@H](Br)[C@@H](CO[Si](c2ccccc2)(c2ccccc2)C(C)(C)C)O[C@H]1n1cnc2c(=O)[nH]c(N=CN(C)C)nc21. The molecule has 216 valence electrons. The van der Waals surface area contributed by atoms with Gasteiger partial charge in [-0.15, -0.1) is 0 Å². The number of aromatic amines is 1. The Morgan fingerprint density at radius 2 is 1.73 bits per heavy atom. The van der Waals surface area contributed by atoms with Gasteiger partial charge in [0.05, 0.1) is 25.4 Å². The van der Waals surface area contributed by atoms with E-state index in [2.05, 4.69) is 112 Å². The number of hydrogen-bond donors (Lipinski definition) is 1. The molecule has 1 unspecified atom stereocenters. The summed E-state index contributed by atoms with van der Waals surface area (Å²) in [5.41, 5.74) is 0.347. The van der Waals surface area contributed by atoms with E-state index in [-0.39, 0.29) is 38.9 Å². The smallest absolute Gasteiger partial charge is 0.280 e. The lowest BCUT2D eigenvalue weighted by atomic mass is 10.1. The Morgan fingerprint density at radius 1 is 1.12 bits per heavy atom. The van der Waals surface area contributed by atoms with E-state index >= 15 is 0 Å². The first-order chi connectivity index (χ1) is 19.5. The number of aromatic nitrogens is 4. The van der Waals surface area contributed by atoms with E-state index in [0.29, 0.717) is 12.3 Å². The van der Waals surface area contributed by atoms with Crippen molar-refractivity contribution in [3.63, 3.8) is 0 Å². The van der Waals surface area contributed by atoms with E-state index in [9.17, 15) is 4.79 Å². The van der Waals surface area contributed by atoms with Crippen molar-refractivity contribution in [3.8, 4) is 0 Å². The van der Waals surface area contributed by atoms with E-state index in [0.717, 1.165) is 0 Å². The number of hydrogen-bond acceptors (Lipinski definition) is 6. The van der Waals surface area contributed by atoms with Crippen molar-refractivity contribution in [3.05, 3.63) is 77.3 Å². The molecule has 0 radical (unpaired) electrons. The second-order valence-electron chi connectivity index (χ2n) is 11.8. The molecule has 9 nitrogen and oxygen atoms in total. The molecule has 4 aromatic rings. The monoisotopic (exact) mass is 636 g/mol. The highest BCUT2D eigenvalue weighted by atomic mass is 79.9. The number of ether oxygens (including phenoxy) is 1. The van der Waals surface area contributed by atoms with Crippen LogP contribution in [0.25, 0.3) is 11.2 Å². The molecule has 4 atom stereocenters. The predicted molar refractivity (Wildman–Crippen MR) is 169 cm³/mol. The summed E-state index contributed by atoms with van der Waals surface area (Å²) in [4.78, 5) is 30.4. The van der Waals surface area contributed by atoms with Crippen LogP contribution in [0.3, 0.4) is 0 Å². The number of fused-ring (bicyclic) bond motifs is 1. The number of benzene rings is 2. The molecule has 5 rings (SSSR count). The zero-order valence-corrected chi connectivity index (χ0v) is 26.9. The molecule has 0 bridgehead atoms. The predicted octanol–water partition coefficient (Wildman–Crippen LogP) is 4.21. The highest BCUT2D eigenvalue weighted by Crippen LogP contribution is 2.42. The molecule has 41 heavy (non-hydrogen) atoms. The quantitative estimate of drug-likeness (QED) is 0.135. The lowest BCUT2D eigenvalue weighted by Crippen LogP contribution is -2.67. The minimum atomic E-state index is -2.73. The lowest BCUT2D eigenvalue weighted by molar-refractivity contribution is -0.0260. The molecule has 1 aliphatic rings. The third-order valence-electron chi connectivity index (χ3n) is 7.61. The van der Waals surface area contributed by atoms with Crippen molar-refractivity contribution >= 4 is 58.1 Å². The molecule has 0 saturated carbocycles. The Balaban J connectivity index is 1.47. The Kier molecular flexibility index (Phi) is 8.33. The summed E-state index contributed by atoms with van der Waals surface area (Å²) in [6.45, 7) is 9.33. The van der Waals surface area contributed by atoms with E-state index < -0.39 is 14.5 Å². The van der Waals surface area contributed by atoms with Gasteiger partial charge in [-0.1, -0.05) is 104 Å². The Bertz CT molecular complexity index is 1530. The topological polar surface area (TPSA) is 97.6 Å². The first-order valence-corrected chi connectivity index (χ1v) is 16.6. The maximum absolute atomic E-state index is 12.7. The van der Waals surface area contributed by atoms with E-state index in [4.69, 9.17) is 9.16 Å². The first-order valence-electron chi connectivity index (χ1n) is 13.7. The Morgan fingerprint density at radius 3 is 2.29 bits per heavy atom. The van der Waals surface area contributed by atoms with Crippen LogP contribution in [0.4, 0.5) is 5.95 Å². The molecule has 0 spiro atoms. The second-order valence-corrected chi connectivity index (χ2v) is 17.1. The molecule has 11 heteroatoms. The summed E-state index contributed by atoms with van der Waals surface area (Å²) < 4.78 is 15.7. The van der Waals surface area contributed by atoms with Crippen molar-refractivity contribution in [2.45, 2.75) is 49.9 Å². The number of nitrogens with one attached hydrogen (secondary N) is 1. The van der Waals surface area contributed by atoms with Gasteiger partial charge in [-0.05, 0) is 15.4 Å². The average Bonchev–Trinajstić information content (AvgIpc) is 3.49. The van der Waals surface area contributed by atoms with Crippen molar-refractivity contribution in [1.82, 2.24) is 24.4 Å². The van der Waals surface area contributed by atoms with Crippen molar-refractivity contribution in [2.75, 3.05) is 20.7 Å². The van der Waals surface area contributed by atoms with Crippen LogP contribution in [-0.4, -0.2) is 70.7 Å². The molecular formula is C30H37BrN6O3Si. The molecule has 1 aliphatic heterocycles. The van der Waals surface area contributed by atoms with Gasteiger partial charge in [0, 0.05) is 24.8 Å². The van der Waals surface area contributed by atoms with Crippen molar-refractivity contribution in [1.29, 1.82) is 0 Å². The number of halogens is 1. The average molecular weight is 638 g/mol. The minimum absolute atomic E-state index is 0.0105. The molecule has 1 N–H and O–H groups in total. The standard InChI is InChI=1S/C30H37BrN6O3Si/c1-20-24(31)23(40-28(20)37-19-32-25-26(37)34-29(35-27(25)38)33-18-36(5)6)17-39-41(30(2,3)4,21-13-9-7-10-14-21)22-15-11-8-12-16-22/h7-16,18-20,23-24,28H,17H2,1-6H3,(H,34,35,38)/t20?,23-,24-,28-/m1/s1. The molecule has 1 fully saturated rings. The van der Waals surface area contributed by atoms with Gasteiger partial charge in [0.25, 0.3) is 13.9 Å². The van der Waals surface area contributed by atoms with Gasteiger partial charge in [0.1, 0.15) is 6.23 Å². The summed E-state index contributed by atoms with van der Waals surface area (Å²) >= 11 is 3.92. The van der Waals surface area contributed by atoms with Crippen molar-refractivity contribution in [2.24, 2.45) is 10.9 Å². The van der Waals surface area contributed by atoms with Gasteiger partial charge < -0.3 is 14.1 Å². The van der Waals surface area contributed by atoms with E-state index in [1.807, 2.05) is 30.8 Å². The van der Waals surface area contributed by atoms with Gasteiger partial charge >= 0.3 is 0 Å². The Labute approximate surface area is 249 Å². The van der Waals surface area contributed by atoms with Crippen LogP contribution >= 0.6 is 15.9 Å². The molecule has 2 aromatic carbocycles. The summed E-state index contributed by atoms with van der Waals surface area (Å²) in [5.74, 6) is 0.264. The zero-order valence-electron chi connectivity index (χ0n) is 24.3. The van der Waals surface area contributed by atoms with Crippen LogP contribution in [-0.2, 0) is 9.16 Å². The fourth-order valence-corrected chi connectivity index (χ4v) is 10.7. The van der Waals surface area contributed by atoms with Crippen LogP contribution in [0.5, 0.6) is 0 Å². The minimum Gasteiger partial charge on any atom is -0.405 e. The van der Waals surface area contributed by atoms with E-state index in [1.165, 1.54) is 10.4 Å². The summed E-state index contributed by atoms with van der Waals surface area (Å²) in [6, 6.07) is 21.2. The summed E-state index contributed by atoms with van der Waals surface area (Å²) in [7, 11) is 0.970. The van der Waals surface area contributed by atoms with Gasteiger partial charge in [0.15, 0.2) is 11.2 Å². The van der Waals surface area contributed by atoms with Crippen molar-refractivity contribution < 1.29 is 9.16 Å². The normalized spacial score (nSPS) is 21.6. The largest absolute Gasteiger partial charge is 0.405 e. The van der Waals surface area contributed by atoms with Gasteiger partial charge in [-0.2, -0.15) is 4.98 Å². The third-order valence-corrected chi connectivity index (χ3v) is 14.0. The number of imidazole rings is 1. The van der Waals surface area contributed by atoms with Crippen LogP contribution in [0.15, 0.2) is 76.8 Å². The second kappa shape index (κ2) is 11.6. The Hall–Kier alpha value is -3.12. The van der Waals surface area contributed by atoms with E-state index in [1.54, 1.807) is 17.6 Å². The number of H-pyrrole nitrogens is 1. The first kappa shape index (κ1) is 29.4. The molecule has 1 saturated heterocycles. The summed E-state index contributed by atoms with van der Waals surface area (Å²) in [6.07, 6.45) is 2.59. The lowest BCUT2D eigenvalue weighted by Gasteiger charge is -2.43. The molecule has 0 amide bonds. The number of rotatable bonds is 8. The van der Waals surface area contributed by atoms with Crippen LogP contribution < -0.4 is 15.9 Å². The fourth-order valence-electron chi connectivity index (χ4n) is 5.62. The van der Waals surface area contributed by atoms with Crippen LogP contribution in [0, 0.1) is 5.92 Å². The molecular weight excluding hydrogens is 600 g/mol. The summed E-state index contributed by atoms with van der Waals surface area (Å²) in [5, 5.41) is 2.31. The van der Waals surface area contributed by atoms with Gasteiger partial charge in [0.2, 0.25) is 5.95 Å². The molecule has 3 heterocycles. The maximum Gasteiger partial charge on any atom is 0.280 e. The molecule has 2 aromatic heterocycles. The zero-order chi connectivity index (χ0) is 29.4. The number of nitrogens with zero attached hydrogens (tertiary/aromatic N) is 5. The van der Waals surface area contributed by atoms with Gasteiger partial charge in [-0.25, -0.2) is 9.98 Å². The number of alkyl halides is 1. The highest BCUT2D eigenvalue weighted by Gasteiger charge is 2.52. The fraction of sp³-hybridized carbons (Fsp3) is 0.400. The molecule has 0 aliphatic carbocycles. The van der Waals surface area contributed by atoms with Gasteiger partial charge in [-0.3, -0.25) is 14.3 Å².